The summed E-state index contributed by atoms with van der Waals surface area (Å²) < 4.78 is 44.4. The second-order valence-corrected chi connectivity index (χ2v) is 7.54. The maximum Gasteiger partial charge on any atom is 0.262 e. The molecule has 3 rings (SSSR count). The summed E-state index contributed by atoms with van der Waals surface area (Å²) in [5.74, 6) is 0.949. The molecule has 0 aliphatic carbocycles. The van der Waals surface area contributed by atoms with Gasteiger partial charge in [-0.05, 0) is 30.3 Å². The average Bonchev–Trinajstić information content (AvgIpc) is 2.86. The number of hydrogen-bond donors (Lipinski definition) is 2. The van der Waals surface area contributed by atoms with Gasteiger partial charge in [-0.15, -0.1) is 0 Å². The lowest BCUT2D eigenvalue weighted by molar-refractivity contribution is -0.114. The standard InChI is InChI=1S/C18H20N2O6S/c1-12(21)19-13-4-6-16(24-2)15(10-13)20-27(22,23)14-5-7-17-18(11-14)26-9-3-8-25-17/h4-7,10-11,20H,3,8-9H2,1-2H3,(H,19,21). The van der Waals surface area contributed by atoms with E-state index in [9.17, 15) is 13.2 Å². The number of nitrogens with one attached hydrogen (secondary N) is 2. The fourth-order valence-electron chi connectivity index (χ4n) is 2.58. The highest BCUT2D eigenvalue weighted by atomic mass is 32.2. The number of sulfonamides is 1. The summed E-state index contributed by atoms with van der Waals surface area (Å²) in [6, 6.07) is 9.11. The molecule has 144 valence electrons. The number of fused-ring (bicyclic) bond motifs is 1. The van der Waals surface area contributed by atoms with Gasteiger partial charge in [0.2, 0.25) is 5.91 Å². The van der Waals surface area contributed by atoms with E-state index in [2.05, 4.69) is 10.0 Å². The molecule has 2 aromatic carbocycles. The summed E-state index contributed by atoms with van der Waals surface area (Å²) >= 11 is 0. The molecule has 1 amide bonds. The van der Waals surface area contributed by atoms with Gasteiger partial charge in [-0.25, -0.2) is 8.42 Å². The van der Waals surface area contributed by atoms with Gasteiger partial charge in [-0.2, -0.15) is 0 Å². The number of rotatable bonds is 5. The van der Waals surface area contributed by atoms with Crippen LogP contribution >= 0.6 is 0 Å². The van der Waals surface area contributed by atoms with E-state index < -0.39 is 10.0 Å². The molecule has 9 heteroatoms. The zero-order chi connectivity index (χ0) is 19.4. The van der Waals surface area contributed by atoms with Crippen LogP contribution in [0.2, 0.25) is 0 Å². The van der Waals surface area contributed by atoms with E-state index in [-0.39, 0.29) is 16.5 Å². The average molecular weight is 392 g/mol. The predicted molar refractivity (Wildman–Crippen MR) is 100 cm³/mol. The molecule has 0 saturated heterocycles. The smallest absolute Gasteiger partial charge is 0.262 e. The highest BCUT2D eigenvalue weighted by molar-refractivity contribution is 7.92. The van der Waals surface area contributed by atoms with Gasteiger partial charge in [-0.3, -0.25) is 9.52 Å². The lowest BCUT2D eigenvalue weighted by Crippen LogP contribution is -2.14. The second kappa shape index (κ2) is 7.75. The molecule has 0 aromatic heterocycles. The van der Waals surface area contributed by atoms with Crippen LogP contribution in [0.4, 0.5) is 11.4 Å². The Morgan fingerprint density at radius 2 is 1.81 bits per heavy atom. The van der Waals surface area contributed by atoms with E-state index in [1.165, 1.54) is 32.2 Å². The van der Waals surface area contributed by atoms with Crippen molar-refractivity contribution in [2.24, 2.45) is 0 Å². The molecule has 1 aliphatic heterocycles. The van der Waals surface area contributed by atoms with E-state index >= 15 is 0 Å². The third kappa shape index (κ3) is 4.43. The Hall–Kier alpha value is -2.94. The minimum Gasteiger partial charge on any atom is -0.495 e. The Morgan fingerprint density at radius 3 is 2.52 bits per heavy atom. The quantitative estimate of drug-likeness (QED) is 0.811. The Kier molecular flexibility index (Phi) is 5.41. The van der Waals surface area contributed by atoms with Crippen molar-refractivity contribution >= 4 is 27.3 Å². The third-order valence-electron chi connectivity index (χ3n) is 3.79. The van der Waals surface area contributed by atoms with E-state index in [1.807, 2.05) is 0 Å². The first-order valence-electron chi connectivity index (χ1n) is 8.27. The van der Waals surface area contributed by atoms with Gasteiger partial charge in [-0.1, -0.05) is 0 Å². The van der Waals surface area contributed by atoms with Crippen molar-refractivity contribution in [3.8, 4) is 17.2 Å². The van der Waals surface area contributed by atoms with Crippen molar-refractivity contribution < 1.29 is 27.4 Å². The van der Waals surface area contributed by atoms with Crippen molar-refractivity contribution in [3.63, 3.8) is 0 Å². The van der Waals surface area contributed by atoms with E-state index in [4.69, 9.17) is 14.2 Å². The molecular formula is C18H20N2O6S. The first-order valence-corrected chi connectivity index (χ1v) is 9.75. The van der Waals surface area contributed by atoms with Crippen LogP contribution in [-0.2, 0) is 14.8 Å². The zero-order valence-electron chi connectivity index (χ0n) is 14.9. The third-order valence-corrected chi connectivity index (χ3v) is 5.16. The van der Waals surface area contributed by atoms with Crippen LogP contribution in [0.25, 0.3) is 0 Å². The number of carbonyl (C=O) groups is 1. The van der Waals surface area contributed by atoms with Crippen LogP contribution in [0.15, 0.2) is 41.3 Å². The van der Waals surface area contributed by atoms with Gasteiger partial charge in [0.25, 0.3) is 10.0 Å². The van der Waals surface area contributed by atoms with Gasteiger partial charge in [0.1, 0.15) is 5.75 Å². The first-order chi connectivity index (χ1) is 12.9. The number of carbonyl (C=O) groups excluding carboxylic acids is 1. The van der Waals surface area contributed by atoms with Gasteiger partial charge in [0, 0.05) is 25.1 Å². The van der Waals surface area contributed by atoms with Crippen LogP contribution in [0, 0.1) is 0 Å². The summed E-state index contributed by atoms with van der Waals surface area (Å²) in [6.45, 7) is 2.34. The molecule has 0 bridgehead atoms. The summed E-state index contributed by atoms with van der Waals surface area (Å²) in [5, 5.41) is 2.60. The fourth-order valence-corrected chi connectivity index (χ4v) is 3.66. The largest absolute Gasteiger partial charge is 0.495 e. The first kappa shape index (κ1) is 18.8. The number of benzene rings is 2. The maximum atomic E-state index is 12.8. The maximum absolute atomic E-state index is 12.8. The monoisotopic (exact) mass is 392 g/mol. The van der Waals surface area contributed by atoms with Crippen molar-refractivity contribution in [2.45, 2.75) is 18.2 Å². The van der Waals surface area contributed by atoms with Crippen LogP contribution in [0.1, 0.15) is 13.3 Å². The van der Waals surface area contributed by atoms with Gasteiger partial charge in [0.05, 0.1) is 30.9 Å². The van der Waals surface area contributed by atoms with E-state index in [0.717, 1.165) is 6.42 Å². The lowest BCUT2D eigenvalue weighted by Gasteiger charge is -2.15. The number of amides is 1. The molecule has 0 saturated carbocycles. The summed E-state index contributed by atoms with van der Waals surface area (Å²) in [4.78, 5) is 11.3. The Bertz CT molecular complexity index is 958. The Morgan fingerprint density at radius 1 is 1.07 bits per heavy atom. The van der Waals surface area contributed by atoms with Crippen molar-refractivity contribution in [1.82, 2.24) is 0 Å². The summed E-state index contributed by atoms with van der Waals surface area (Å²) in [6.07, 6.45) is 0.724. The molecule has 2 N–H and O–H groups in total. The van der Waals surface area contributed by atoms with Gasteiger partial charge in [0.15, 0.2) is 11.5 Å². The highest BCUT2D eigenvalue weighted by Gasteiger charge is 2.20. The van der Waals surface area contributed by atoms with Crippen LogP contribution in [0.3, 0.4) is 0 Å². The molecule has 0 radical (unpaired) electrons. The Balaban J connectivity index is 1.92. The summed E-state index contributed by atoms with van der Waals surface area (Å²) in [5.41, 5.74) is 0.649. The predicted octanol–water partition coefficient (Wildman–Crippen LogP) is 2.62. The normalized spacial score (nSPS) is 13.4. The van der Waals surface area contributed by atoms with Crippen molar-refractivity contribution in [2.75, 3.05) is 30.4 Å². The summed E-state index contributed by atoms with van der Waals surface area (Å²) in [7, 11) is -2.49. The van der Waals surface area contributed by atoms with Crippen LogP contribution in [0.5, 0.6) is 17.2 Å². The van der Waals surface area contributed by atoms with Gasteiger partial charge < -0.3 is 19.5 Å². The fraction of sp³-hybridized carbons (Fsp3) is 0.278. The lowest BCUT2D eigenvalue weighted by atomic mass is 10.2. The topological polar surface area (TPSA) is 103 Å². The minimum absolute atomic E-state index is 0.0266. The SMILES string of the molecule is COc1ccc(NC(C)=O)cc1NS(=O)(=O)c1ccc2c(c1)OCCCO2. The molecule has 2 aromatic rings. The molecule has 8 nitrogen and oxygen atoms in total. The number of hydrogen-bond acceptors (Lipinski definition) is 6. The number of methoxy groups -OCH3 is 1. The molecule has 0 atom stereocenters. The number of anilines is 2. The van der Waals surface area contributed by atoms with Gasteiger partial charge >= 0.3 is 0 Å². The van der Waals surface area contributed by atoms with E-state index in [1.54, 1.807) is 18.2 Å². The molecule has 27 heavy (non-hydrogen) atoms. The zero-order valence-corrected chi connectivity index (χ0v) is 15.8. The second-order valence-electron chi connectivity index (χ2n) is 5.86. The van der Waals surface area contributed by atoms with Crippen LogP contribution in [-0.4, -0.2) is 34.6 Å². The molecular weight excluding hydrogens is 372 g/mol. The van der Waals surface area contributed by atoms with E-state index in [0.29, 0.717) is 36.1 Å². The van der Waals surface area contributed by atoms with Crippen LogP contribution < -0.4 is 24.2 Å². The minimum atomic E-state index is -3.91. The molecule has 1 heterocycles. The Labute approximate surface area is 157 Å². The van der Waals surface area contributed by atoms with Crippen molar-refractivity contribution in [3.05, 3.63) is 36.4 Å². The molecule has 0 unspecified atom stereocenters. The number of ether oxygens (including phenoxy) is 3. The molecule has 0 spiro atoms. The van der Waals surface area contributed by atoms with Crippen molar-refractivity contribution in [1.29, 1.82) is 0 Å². The highest BCUT2D eigenvalue weighted by Crippen LogP contribution is 2.34. The molecule has 0 fully saturated rings. The molecule has 1 aliphatic rings.